The van der Waals surface area contributed by atoms with E-state index in [9.17, 15) is 23.6 Å². The second kappa shape index (κ2) is 10.6. The van der Waals surface area contributed by atoms with Gasteiger partial charge in [0, 0.05) is 19.2 Å². The molecule has 0 unspecified atom stereocenters. The number of nitrogens with zero attached hydrogens (tertiary/aromatic N) is 3. The Balaban J connectivity index is 1.33. The number of methoxy groups -OCH3 is 1. The maximum Gasteiger partial charge on any atom is 0.337 e. The van der Waals surface area contributed by atoms with Crippen molar-refractivity contribution in [1.82, 2.24) is 25.2 Å². The van der Waals surface area contributed by atoms with Crippen LogP contribution in [0.2, 0.25) is 0 Å². The molecule has 3 amide bonds. The molecular formula is C26H21FN6O6. The zero-order valence-corrected chi connectivity index (χ0v) is 20.5. The molecule has 2 aromatic heterocycles. The molecule has 0 aliphatic carbocycles. The molecule has 0 atom stereocenters. The van der Waals surface area contributed by atoms with E-state index in [-0.39, 0.29) is 42.6 Å². The van der Waals surface area contributed by atoms with Gasteiger partial charge in [0.1, 0.15) is 17.1 Å². The highest BCUT2D eigenvalue weighted by molar-refractivity contribution is 5.98. The first-order chi connectivity index (χ1) is 18.8. The van der Waals surface area contributed by atoms with Gasteiger partial charge in [0.15, 0.2) is 18.1 Å². The van der Waals surface area contributed by atoms with Crippen molar-refractivity contribution in [3.8, 4) is 5.75 Å². The fraction of sp³-hybridized carbons (Fsp3) is 0.154. The summed E-state index contributed by atoms with van der Waals surface area (Å²) in [6.45, 7) is 0.0319. The molecule has 13 heteroatoms. The van der Waals surface area contributed by atoms with Crippen LogP contribution in [0.25, 0.3) is 5.65 Å². The Kier molecular flexibility index (Phi) is 6.87. The Labute approximate surface area is 220 Å². The number of nitrogens with one attached hydrogen (secondary N) is 3. The lowest BCUT2D eigenvalue weighted by Crippen LogP contribution is -2.29. The molecule has 1 aliphatic heterocycles. The standard InChI is InChI=1S/C26H21FN6O6/c1-38-26(37)16-4-2-3-14(7-16)10-29-25(36)20-9-19(32-23-17(27)12-30-33(20)23)24(35)28-11-15-5-6-21-18(8-15)31-22(34)13-39-21/h2-9,12H,10-11,13H2,1H3,(H,28,35)(H,29,36)(H,31,34). The molecule has 0 saturated heterocycles. The molecule has 0 spiro atoms. The van der Waals surface area contributed by atoms with Gasteiger partial charge in [-0.2, -0.15) is 5.10 Å². The number of carbonyl (C=O) groups excluding carboxylic acids is 4. The highest BCUT2D eigenvalue weighted by Gasteiger charge is 2.21. The number of amides is 3. The summed E-state index contributed by atoms with van der Waals surface area (Å²) >= 11 is 0. The van der Waals surface area contributed by atoms with E-state index < -0.39 is 23.6 Å². The second-order valence-electron chi connectivity index (χ2n) is 8.48. The fourth-order valence-electron chi connectivity index (χ4n) is 3.93. The van der Waals surface area contributed by atoms with Crippen molar-refractivity contribution in [1.29, 1.82) is 0 Å². The van der Waals surface area contributed by atoms with Gasteiger partial charge < -0.3 is 25.4 Å². The molecule has 1 aliphatic rings. The second-order valence-corrected chi connectivity index (χ2v) is 8.48. The average molecular weight is 532 g/mol. The Bertz CT molecular complexity index is 1630. The predicted octanol–water partition coefficient (Wildman–Crippen LogP) is 1.85. The Morgan fingerprint density at radius 2 is 1.85 bits per heavy atom. The summed E-state index contributed by atoms with van der Waals surface area (Å²) in [5.74, 6) is -2.40. The molecule has 198 valence electrons. The van der Waals surface area contributed by atoms with Gasteiger partial charge in [-0.3, -0.25) is 14.4 Å². The molecule has 4 aromatic rings. The van der Waals surface area contributed by atoms with Gasteiger partial charge in [-0.15, -0.1) is 0 Å². The van der Waals surface area contributed by atoms with Crippen LogP contribution in [-0.4, -0.2) is 52.0 Å². The van der Waals surface area contributed by atoms with E-state index in [0.29, 0.717) is 28.1 Å². The molecule has 3 N–H and O–H groups in total. The van der Waals surface area contributed by atoms with Crippen LogP contribution in [0.3, 0.4) is 0 Å². The third kappa shape index (κ3) is 5.37. The van der Waals surface area contributed by atoms with Gasteiger partial charge in [-0.05, 0) is 35.4 Å². The molecule has 12 nitrogen and oxygen atoms in total. The maximum atomic E-state index is 14.4. The average Bonchev–Trinajstić information content (AvgIpc) is 3.33. The SMILES string of the molecule is COC(=O)c1cccc(CNC(=O)c2cc(C(=O)NCc3ccc4c(c3)NC(=O)CO4)nc3c(F)cnn23)c1. The molecule has 0 bridgehead atoms. The van der Waals surface area contributed by atoms with Crippen molar-refractivity contribution in [2.24, 2.45) is 0 Å². The van der Waals surface area contributed by atoms with Crippen LogP contribution in [0, 0.1) is 5.82 Å². The lowest BCUT2D eigenvalue weighted by Gasteiger charge is -2.18. The van der Waals surface area contributed by atoms with Crippen LogP contribution >= 0.6 is 0 Å². The summed E-state index contributed by atoms with van der Waals surface area (Å²) in [7, 11) is 1.27. The zero-order valence-electron chi connectivity index (χ0n) is 20.5. The predicted molar refractivity (Wildman–Crippen MR) is 134 cm³/mol. The summed E-state index contributed by atoms with van der Waals surface area (Å²) in [5.41, 5.74) is 1.46. The van der Waals surface area contributed by atoms with Crippen LogP contribution < -0.4 is 20.7 Å². The Morgan fingerprint density at radius 1 is 1.08 bits per heavy atom. The van der Waals surface area contributed by atoms with Crippen molar-refractivity contribution in [3.05, 3.63) is 88.6 Å². The van der Waals surface area contributed by atoms with E-state index in [1.54, 1.807) is 42.5 Å². The molecule has 5 rings (SSSR count). The van der Waals surface area contributed by atoms with Crippen LogP contribution in [0.15, 0.2) is 54.7 Å². The van der Waals surface area contributed by atoms with Gasteiger partial charge in [0.05, 0.1) is 24.6 Å². The smallest absolute Gasteiger partial charge is 0.337 e. The first kappa shape index (κ1) is 25.3. The van der Waals surface area contributed by atoms with E-state index in [1.807, 2.05) is 0 Å². The molecule has 0 radical (unpaired) electrons. The van der Waals surface area contributed by atoms with Crippen LogP contribution in [0.5, 0.6) is 5.75 Å². The molecule has 0 fully saturated rings. The first-order valence-corrected chi connectivity index (χ1v) is 11.7. The van der Waals surface area contributed by atoms with E-state index in [2.05, 4.69) is 26.0 Å². The number of halogens is 1. The van der Waals surface area contributed by atoms with Gasteiger partial charge in [-0.25, -0.2) is 18.7 Å². The summed E-state index contributed by atoms with van der Waals surface area (Å²) in [6, 6.07) is 12.8. The maximum absolute atomic E-state index is 14.4. The lowest BCUT2D eigenvalue weighted by molar-refractivity contribution is -0.118. The number of esters is 1. The van der Waals surface area contributed by atoms with Crippen molar-refractivity contribution in [2.75, 3.05) is 19.0 Å². The van der Waals surface area contributed by atoms with E-state index in [0.717, 1.165) is 10.7 Å². The number of ether oxygens (including phenoxy) is 2. The third-order valence-corrected chi connectivity index (χ3v) is 5.83. The topological polar surface area (TPSA) is 153 Å². The minimum Gasteiger partial charge on any atom is -0.482 e. The van der Waals surface area contributed by atoms with E-state index in [4.69, 9.17) is 9.47 Å². The lowest BCUT2D eigenvalue weighted by atomic mass is 10.1. The summed E-state index contributed by atoms with van der Waals surface area (Å²) in [6.07, 6.45) is 0.893. The number of fused-ring (bicyclic) bond motifs is 2. The van der Waals surface area contributed by atoms with Gasteiger partial charge in [0.25, 0.3) is 17.7 Å². The van der Waals surface area contributed by atoms with Gasteiger partial charge >= 0.3 is 5.97 Å². The van der Waals surface area contributed by atoms with Crippen LogP contribution in [0.1, 0.15) is 42.5 Å². The highest BCUT2D eigenvalue weighted by atomic mass is 19.1. The largest absolute Gasteiger partial charge is 0.482 e. The van der Waals surface area contributed by atoms with Crippen molar-refractivity contribution in [3.63, 3.8) is 0 Å². The van der Waals surface area contributed by atoms with Gasteiger partial charge in [0.2, 0.25) is 0 Å². The van der Waals surface area contributed by atoms with Gasteiger partial charge in [-0.1, -0.05) is 18.2 Å². The number of hydrogen-bond acceptors (Lipinski definition) is 8. The summed E-state index contributed by atoms with van der Waals surface area (Å²) in [4.78, 5) is 53.3. The van der Waals surface area contributed by atoms with Crippen molar-refractivity contribution >= 4 is 35.0 Å². The fourth-order valence-corrected chi connectivity index (χ4v) is 3.93. The van der Waals surface area contributed by atoms with Crippen LogP contribution in [0.4, 0.5) is 10.1 Å². The molecule has 3 heterocycles. The first-order valence-electron chi connectivity index (χ1n) is 11.7. The molecule has 0 saturated carbocycles. The third-order valence-electron chi connectivity index (χ3n) is 5.83. The minimum atomic E-state index is -0.810. The number of aromatic nitrogens is 3. The number of carbonyl (C=O) groups is 4. The van der Waals surface area contributed by atoms with E-state index >= 15 is 0 Å². The summed E-state index contributed by atoms with van der Waals surface area (Å²) < 4.78 is 25.4. The highest BCUT2D eigenvalue weighted by Crippen LogP contribution is 2.28. The molecule has 2 aromatic carbocycles. The van der Waals surface area contributed by atoms with E-state index in [1.165, 1.54) is 13.2 Å². The molecular weight excluding hydrogens is 511 g/mol. The van der Waals surface area contributed by atoms with Crippen LogP contribution in [-0.2, 0) is 22.6 Å². The Hall–Kier alpha value is -5.33. The quantitative estimate of drug-likeness (QED) is 0.305. The normalized spacial score (nSPS) is 12.2. The Morgan fingerprint density at radius 3 is 2.64 bits per heavy atom. The summed E-state index contributed by atoms with van der Waals surface area (Å²) in [5, 5.41) is 11.9. The number of anilines is 1. The van der Waals surface area contributed by atoms with Crippen molar-refractivity contribution < 1.29 is 33.0 Å². The van der Waals surface area contributed by atoms with Crippen molar-refractivity contribution in [2.45, 2.75) is 13.1 Å². The number of rotatable bonds is 7. The monoisotopic (exact) mass is 532 g/mol. The number of hydrogen-bond donors (Lipinski definition) is 3. The number of benzene rings is 2. The molecule has 39 heavy (non-hydrogen) atoms. The zero-order chi connectivity index (χ0) is 27.5. The minimum absolute atomic E-state index is 0.0390.